The van der Waals surface area contributed by atoms with Crippen LogP contribution in [0.4, 0.5) is 0 Å². The van der Waals surface area contributed by atoms with E-state index in [1.165, 1.54) is 0 Å². The van der Waals surface area contributed by atoms with Gasteiger partial charge in [-0.3, -0.25) is 0 Å². The highest BCUT2D eigenvalue weighted by atomic mass is 13.7. The lowest BCUT2D eigenvalue weighted by molar-refractivity contribution is 1.12. The Hall–Kier alpha value is -0.880. The third-order valence-electron chi connectivity index (χ3n) is 0.394. The monoisotopic (exact) mass is 77.0 g/mol. The van der Waals surface area contributed by atoms with Crippen LogP contribution in [-0.2, 0) is 0 Å². The first-order valence-corrected chi connectivity index (χ1v) is 1.75. The van der Waals surface area contributed by atoms with Gasteiger partial charge in [-0.1, -0.05) is 5.92 Å². The highest BCUT2D eigenvalue weighted by Gasteiger charge is 1.66. The minimum Gasteiger partial charge on any atom is -0.120 e. The molecule has 1 radical (unpaired) electrons. The first-order chi connectivity index (χ1) is 2.91. The van der Waals surface area contributed by atoms with Crippen LogP contribution in [0.1, 0.15) is 12.8 Å². The molecule has 0 spiro atoms. The number of unbranched alkanes of at least 4 members (excludes halogenated alkanes) is 1. The lowest BCUT2D eigenvalue weighted by atomic mass is 10.3. The van der Waals surface area contributed by atoms with Gasteiger partial charge < -0.3 is 0 Å². The highest BCUT2D eigenvalue weighted by molar-refractivity contribution is 4.89. The summed E-state index contributed by atoms with van der Waals surface area (Å²) >= 11 is 0. The van der Waals surface area contributed by atoms with Crippen molar-refractivity contribution in [3.63, 3.8) is 0 Å². The van der Waals surface area contributed by atoms with E-state index in [-0.39, 0.29) is 0 Å². The maximum absolute atomic E-state index is 6.36. The fourth-order valence-electron chi connectivity index (χ4n) is 0.135. The molecule has 0 aromatic rings. The van der Waals surface area contributed by atoms with E-state index in [9.17, 15) is 0 Å². The average Bonchev–Trinajstić information content (AvgIpc) is 1.61. The van der Waals surface area contributed by atoms with E-state index in [1.807, 2.05) is 0 Å². The van der Waals surface area contributed by atoms with E-state index < -0.39 is 0 Å². The Balaban J connectivity index is 2.78. The molecule has 29 valence electrons. The van der Waals surface area contributed by atoms with Gasteiger partial charge in [-0.05, 0) is 6.42 Å². The van der Waals surface area contributed by atoms with Crippen molar-refractivity contribution in [2.45, 2.75) is 12.8 Å². The minimum absolute atomic E-state index is 0.594. The first-order valence-electron chi connectivity index (χ1n) is 1.75. The van der Waals surface area contributed by atoms with Crippen LogP contribution in [0.15, 0.2) is 0 Å². The number of terminal acetylenes is 1. The molecule has 0 atom stereocenters. The summed E-state index contributed by atoms with van der Waals surface area (Å²) in [6.45, 7) is 0. The summed E-state index contributed by atoms with van der Waals surface area (Å²) in [6.07, 6.45) is 12.4. The molecule has 0 rings (SSSR count). The zero-order valence-corrected chi connectivity index (χ0v) is 3.49. The molecule has 0 aromatic heterocycles. The Morgan fingerprint density at radius 3 is 2.33 bits per heavy atom. The van der Waals surface area contributed by atoms with Gasteiger partial charge in [0.2, 0.25) is 0 Å². The molecule has 0 saturated heterocycles. The van der Waals surface area contributed by atoms with Gasteiger partial charge in [-0.15, -0.1) is 12.3 Å². The molecular formula is C6H5. The van der Waals surface area contributed by atoms with Crippen molar-refractivity contribution in [2.75, 3.05) is 0 Å². The molecule has 0 heterocycles. The normalized spacial score (nSPS) is 5.67. The molecule has 0 aromatic carbocycles. The van der Waals surface area contributed by atoms with Crippen molar-refractivity contribution in [3.8, 4) is 18.3 Å². The maximum Gasteiger partial charge on any atom is 0.0209 e. The van der Waals surface area contributed by atoms with E-state index in [2.05, 4.69) is 11.8 Å². The van der Waals surface area contributed by atoms with Gasteiger partial charge in [0.25, 0.3) is 0 Å². The quantitative estimate of drug-likeness (QED) is 0.323. The van der Waals surface area contributed by atoms with Crippen molar-refractivity contribution in [3.05, 3.63) is 6.42 Å². The highest BCUT2D eigenvalue weighted by Crippen LogP contribution is 1.78. The van der Waals surface area contributed by atoms with Crippen LogP contribution in [0.25, 0.3) is 0 Å². The van der Waals surface area contributed by atoms with Gasteiger partial charge in [-0.2, -0.15) is 0 Å². The van der Waals surface area contributed by atoms with Crippen LogP contribution < -0.4 is 0 Å². The van der Waals surface area contributed by atoms with E-state index in [1.54, 1.807) is 0 Å². The van der Waals surface area contributed by atoms with Crippen molar-refractivity contribution >= 4 is 0 Å². The van der Waals surface area contributed by atoms with Gasteiger partial charge >= 0.3 is 0 Å². The molecule has 0 nitrogen and oxygen atoms in total. The molecule has 0 heteroatoms. The predicted molar refractivity (Wildman–Crippen MR) is 25.2 cm³/mol. The molecular weight excluding hydrogens is 72.1 g/mol. The van der Waals surface area contributed by atoms with E-state index in [0.29, 0.717) is 12.8 Å². The summed E-state index contributed by atoms with van der Waals surface area (Å²) < 4.78 is 0. The van der Waals surface area contributed by atoms with Gasteiger partial charge in [0.1, 0.15) is 0 Å². The van der Waals surface area contributed by atoms with Crippen molar-refractivity contribution < 1.29 is 0 Å². The standard InChI is InChI=1S/C6H5/c1-3-5-6-4-2/h1H,5-6H2. The molecule has 0 aliphatic carbocycles. The second kappa shape index (κ2) is 4.12. The fraction of sp³-hybridized carbons (Fsp3) is 0.333. The number of hydrogen-bond acceptors (Lipinski definition) is 0. The Morgan fingerprint density at radius 1 is 1.50 bits per heavy atom. The van der Waals surface area contributed by atoms with Crippen LogP contribution >= 0.6 is 0 Å². The zero-order chi connectivity index (χ0) is 4.83. The average molecular weight is 77.1 g/mol. The minimum atomic E-state index is 0.594. The molecule has 6 heavy (non-hydrogen) atoms. The van der Waals surface area contributed by atoms with Crippen molar-refractivity contribution in [1.82, 2.24) is 0 Å². The van der Waals surface area contributed by atoms with Gasteiger partial charge in [-0.25, -0.2) is 0 Å². The molecule has 0 saturated carbocycles. The Kier molecular flexibility index (Phi) is 3.52. The zero-order valence-electron chi connectivity index (χ0n) is 3.49. The molecule has 0 bridgehead atoms. The number of rotatable bonds is 1. The summed E-state index contributed by atoms with van der Waals surface area (Å²) in [6, 6.07) is 0. The van der Waals surface area contributed by atoms with Gasteiger partial charge in [0, 0.05) is 12.8 Å². The smallest absolute Gasteiger partial charge is 0.0209 e. The molecule has 0 amide bonds. The summed E-state index contributed by atoms with van der Waals surface area (Å²) in [5.41, 5.74) is 0. The SMILES string of the molecule is [C]#CCCC#C. The van der Waals surface area contributed by atoms with Gasteiger partial charge in [0.15, 0.2) is 0 Å². The summed E-state index contributed by atoms with van der Waals surface area (Å²) in [4.78, 5) is 0. The van der Waals surface area contributed by atoms with Crippen LogP contribution in [0, 0.1) is 24.7 Å². The Morgan fingerprint density at radius 2 is 2.17 bits per heavy atom. The van der Waals surface area contributed by atoms with Gasteiger partial charge in [0.05, 0.1) is 0 Å². The van der Waals surface area contributed by atoms with E-state index >= 15 is 0 Å². The van der Waals surface area contributed by atoms with E-state index in [4.69, 9.17) is 12.8 Å². The molecule has 0 N–H and O–H groups in total. The van der Waals surface area contributed by atoms with Crippen molar-refractivity contribution in [2.24, 2.45) is 0 Å². The Bertz CT molecular complexity index is 73.6. The largest absolute Gasteiger partial charge is 0.120 e. The summed E-state index contributed by atoms with van der Waals surface area (Å²) in [5.74, 6) is 4.56. The third kappa shape index (κ3) is 3.12. The topological polar surface area (TPSA) is 0 Å². The first kappa shape index (κ1) is 5.12. The second-order valence-corrected chi connectivity index (χ2v) is 0.881. The maximum atomic E-state index is 6.36. The predicted octanol–water partition coefficient (Wildman–Crippen LogP) is 0.990. The third-order valence-corrected chi connectivity index (χ3v) is 0.394. The van der Waals surface area contributed by atoms with Crippen molar-refractivity contribution in [1.29, 1.82) is 0 Å². The molecule has 0 unspecified atom stereocenters. The second-order valence-electron chi connectivity index (χ2n) is 0.881. The van der Waals surface area contributed by atoms with Crippen LogP contribution in [0.5, 0.6) is 0 Å². The fourth-order valence-corrected chi connectivity index (χ4v) is 0.135. The Labute approximate surface area is 38.6 Å². The summed E-state index contributed by atoms with van der Waals surface area (Å²) in [7, 11) is 0. The lowest BCUT2D eigenvalue weighted by Gasteiger charge is -1.70. The molecule has 0 aliphatic heterocycles. The summed E-state index contributed by atoms with van der Waals surface area (Å²) in [5, 5.41) is 0. The molecule has 0 aliphatic rings. The van der Waals surface area contributed by atoms with Crippen LogP contribution in [0.2, 0.25) is 0 Å². The van der Waals surface area contributed by atoms with Crippen LogP contribution in [0.3, 0.4) is 0 Å². The number of hydrogen-bond donors (Lipinski definition) is 0. The molecule has 0 fully saturated rings. The van der Waals surface area contributed by atoms with E-state index in [0.717, 1.165) is 0 Å². The lowest BCUT2D eigenvalue weighted by Crippen LogP contribution is -1.58. The van der Waals surface area contributed by atoms with Crippen LogP contribution in [-0.4, -0.2) is 0 Å².